The summed E-state index contributed by atoms with van der Waals surface area (Å²) in [6.07, 6.45) is 3.81. The van der Waals surface area contributed by atoms with Gasteiger partial charge >= 0.3 is 0 Å². The van der Waals surface area contributed by atoms with E-state index >= 15 is 0 Å². The van der Waals surface area contributed by atoms with Crippen LogP contribution in [0, 0.1) is 0 Å². The van der Waals surface area contributed by atoms with Gasteiger partial charge in [0.15, 0.2) is 0 Å². The molecule has 0 bridgehead atoms. The van der Waals surface area contributed by atoms with Crippen molar-refractivity contribution in [1.29, 1.82) is 0 Å². The summed E-state index contributed by atoms with van der Waals surface area (Å²) in [5.41, 5.74) is 7.34. The number of carbonyl (C=O) groups is 1. The number of amides is 1. The number of aromatic nitrogens is 1. The lowest BCUT2D eigenvalue weighted by atomic mass is 9.98. The SMILES string of the molecule is CCNC(=O)c1cc(N2CCC(OC)CC2CN)ccn1. The van der Waals surface area contributed by atoms with E-state index in [1.807, 2.05) is 19.1 Å². The second-order valence-corrected chi connectivity index (χ2v) is 5.22. The third-order valence-corrected chi connectivity index (χ3v) is 3.92. The number of methoxy groups -OCH3 is 1. The number of hydrogen-bond donors (Lipinski definition) is 2. The Labute approximate surface area is 125 Å². The summed E-state index contributed by atoms with van der Waals surface area (Å²) in [5, 5.41) is 2.77. The molecule has 0 aromatic carbocycles. The maximum Gasteiger partial charge on any atom is 0.269 e. The van der Waals surface area contributed by atoms with Crippen molar-refractivity contribution in [2.75, 3.05) is 31.6 Å². The fourth-order valence-electron chi connectivity index (χ4n) is 2.76. The summed E-state index contributed by atoms with van der Waals surface area (Å²) < 4.78 is 5.44. The van der Waals surface area contributed by atoms with Crippen LogP contribution < -0.4 is 16.0 Å². The Morgan fingerprint density at radius 1 is 1.62 bits per heavy atom. The zero-order valence-electron chi connectivity index (χ0n) is 12.7. The van der Waals surface area contributed by atoms with Crippen molar-refractivity contribution in [1.82, 2.24) is 10.3 Å². The van der Waals surface area contributed by atoms with E-state index in [-0.39, 0.29) is 18.1 Å². The van der Waals surface area contributed by atoms with Crippen molar-refractivity contribution in [3.8, 4) is 0 Å². The van der Waals surface area contributed by atoms with Crippen LogP contribution in [0.2, 0.25) is 0 Å². The highest BCUT2D eigenvalue weighted by Gasteiger charge is 2.28. The van der Waals surface area contributed by atoms with Crippen LogP contribution in [0.3, 0.4) is 0 Å². The van der Waals surface area contributed by atoms with Gasteiger partial charge in [0, 0.05) is 44.7 Å². The second-order valence-electron chi connectivity index (χ2n) is 5.22. The summed E-state index contributed by atoms with van der Waals surface area (Å²) in [6.45, 7) is 3.93. The third-order valence-electron chi connectivity index (χ3n) is 3.92. The van der Waals surface area contributed by atoms with Gasteiger partial charge in [-0.05, 0) is 31.9 Å². The summed E-state index contributed by atoms with van der Waals surface area (Å²) >= 11 is 0. The molecular weight excluding hydrogens is 268 g/mol. The van der Waals surface area contributed by atoms with Crippen molar-refractivity contribution in [3.63, 3.8) is 0 Å². The molecule has 1 aromatic rings. The molecule has 2 rings (SSSR count). The van der Waals surface area contributed by atoms with Gasteiger partial charge < -0.3 is 20.7 Å². The maximum absolute atomic E-state index is 11.9. The molecular formula is C15H24N4O2. The number of piperidine rings is 1. The average Bonchev–Trinajstić information content (AvgIpc) is 2.54. The van der Waals surface area contributed by atoms with Gasteiger partial charge in [0.25, 0.3) is 5.91 Å². The Bertz CT molecular complexity index is 480. The molecule has 1 amide bonds. The minimum atomic E-state index is -0.143. The van der Waals surface area contributed by atoms with Crippen molar-refractivity contribution >= 4 is 11.6 Å². The molecule has 1 aliphatic rings. The number of hydrogen-bond acceptors (Lipinski definition) is 5. The Kier molecular flexibility index (Phi) is 5.52. The topological polar surface area (TPSA) is 80.5 Å². The van der Waals surface area contributed by atoms with Gasteiger partial charge in [0.2, 0.25) is 0 Å². The lowest BCUT2D eigenvalue weighted by molar-refractivity contribution is 0.0709. The molecule has 6 heteroatoms. The summed E-state index contributed by atoms with van der Waals surface area (Å²) in [7, 11) is 1.74. The molecule has 6 nitrogen and oxygen atoms in total. The summed E-state index contributed by atoms with van der Waals surface area (Å²) in [5.74, 6) is -0.143. The number of anilines is 1. The van der Waals surface area contributed by atoms with E-state index in [1.54, 1.807) is 13.3 Å². The van der Waals surface area contributed by atoms with Crippen LogP contribution in [0.1, 0.15) is 30.3 Å². The van der Waals surface area contributed by atoms with Crippen LogP contribution in [-0.2, 0) is 4.74 Å². The Balaban J connectivity index is 2.17. The second kappa shape index (κ2) is 7.38. The Morgan fingerprint density at radius 2 is 2.43 bits per heavy atom. The zero-order chi connectivity index (χ0) is 15.2. The Hall–Kier alpha value is -1.66. The quantitative estimate of drug-likeness (QED) is 0.838. The zero-order valence-corrected chi connectivity index (χ0v) is 12.7. The molecule has 2 unspecified atom stereocenters. The lowest BCUT2D eigenvalue weighted by Crippen LogP contribution is -2.48. The standard InChI is InChI=1S/C15H24N4O2/c1-3-17-15(20)14-9-11(4-6-18-14)19-7-5-13(21-2)8-12(19)10-16/h4,6,9,12-13H,3,5,7-8,10,16H2,1-2H3,(H,17,20). The molecule has 3 N–H and O–H groups in total. The van der Waals surface area contributed by atoms with Gasteiger partial charge in [-0.1, -0.05) is 0 Å². The molecule has 1 saturated heterocycles. The predicted molar refractivity (Wildman–Crippen MR) is 82.5 cm³/mol. The number of nitrogens with one attached hydrogen (secondary N) is 1. The van der Waals surface area contributed by atoms with Crippen LogP contribution in [0.5, 0.6) is 0 Å². The average molecular weight is 292 g/mol. The first-order chi connectivity index (χ1) is 10.2. The minimum Gasteiger partial charge on any atom is -0.381 e. The number of nitrogens with two attached hydrogens (primary N) is 1. The number of pyridine rings is 1. The van der Waals surface area contributed by atoms with Crippen LogP contribution in [0.4, 0.5) is 5.69 Å². The first kappa shape index (κ1) is 15.7. The first-order valence-electron chi connectivity index (χ1n) is 7.43. The molecule has 1 aliphatic heterocycles. The van der Waals surface area contributed by atoms with E-state index in [0.717, 1.165) is 25.1 Å². The monoisotopic (exact) mass is 292 g/mol. The van der Waals surface area contributed by atoms with Gasteiger partial charge in [-0.15, -0.1) is 0 Å². The normalized spacial score (nSPS) is 22.1. The number of carbonyl (C=O) groups excluding carboxylic acids is 1. The predicted octanol–water partition coefficient (Wildman–Crippen LogP) is 0.774. The number of nitrogens with zero attached hydrogens (tertiary/aromatic N) is 2. The van der Waals surface area contributed by atoms with E-state index in [1.165, 1.54) is 0 Å². The fraction of sp³-hybridized carbons (Fsp3) is 0.600. The molecule has 1 aromatic heterocycles. The van der Waals surface area contributed by atoms with Gasteiger partial charge in [0.1, 0.15) is 5.69 Å². The van der Waals surface area contributed by atoms with Crippen LogP contribution in [0.25, 0.3) is 0 Å². The fourth-order valence-corrected chi connectivity index (χ4v) is 2.76. The van der Waals surface area contributed by atoms with E-state index < -0.39 is 0 Å². The molecule has 1 fully saturated rings. The highest BCUT2D eigenvalue weighted by Crippen LogP contribution is 2.25. The van der Waals surface area contributed by atoms with E-state index in [2.05, 4.69) is 15.2 Å². The van der Waals surface area contributed by atoms with Crippen molar-refractivity contribution in [2.45, 2.75) is 31.9 Å². The molecule has 2 heterocycles. The highest BCUT2D eigenvalue weighted by molar-refractivity contribution is 5.93. The van der Waals surface area contributed by atoms with Crippen molar-refractivity contribution < 1.29 is 9.53 Å². The molecule has 0 radical (unpaired) electrons. The largest absolute Gasteiger partial charge is 0.381 e. The van der Waals surface area contributed by atoms with Crippen molar-refractivity contribution in [2.24, 2.45) is 5.73 Å². The Morgan fingerprint density at radius 3 is 3.10 bits per heavy atom. The van der Waals surface area contributed by atoms with Gasteiger partial charge in [0.05, 0.1) is 6.10 Å². The van der Waals surface area contributed by atoms with E-state index in [0.29, 0.717) is 18.8 Å². The first-order valence-corrected chi connectivity index (χ1v) is 7.43. The number of ether oxygens (including phenoxy) is 1. The molecule has 116 valence electrons. The highest BCUT2D eigenvalue weighted by atomic mass is 16.5. The molecule has 0 aliphatic carbocycles. The van der Waals surface area contributed by atoms with E-state index in [4.69, 9.17) is 10.5 Å². The van der Waals surface area contributed by atoms with Gasteiger partial charge in [-0.3, -0.25) is 9.78 Å². The maximum atomic E-state index is 11.9. The minimum absolute atomic E-state index is 0.143. The molecule has 2 atom stereocenters. The number of rotatable bonds is 5. The smallest absolute Gasteiger partial charge is 0.269 e. The lowest BCUT2D eigenvalue weighted by Gasteiger charge is -2.40. The third kappa shape index (κ3) is 3.71. The molecule has 0 spiro atoms. The summed E-state index contributed by atoms with van der Waals surface area (Å²) in [6, 6.07) is 3.99. The van der Waals surface area contributed by atoms with Crippen LogP contribution in [0.15, 0.2) is 18.3 Å². The van der Waals surface area contributed by atoms with Gasteiger partial charge in [-0.25, -0.2) is 0 Å². The van der Waals surface area contributed by atoms with Gasteiger partial charge in [-0.2, -0.15) is 0 Å². The molecule has 21 heavy (non-hydrogen) atoms. The van der Waals surface area contributed by atoms with Crippen LogP contribution >= 0.6 is 0 Å². The van der Waals surface area contributed by atoms with Crippen molar-refractivity contribution in [3.05, 3.63) is 24.0 Å². The van der Waals surface area contributed by atoms with Crippen LogP contribution in [-0.4, -0.2) is 49.8 Å². The molecule has 0 saturated carbocycles. The van der Waals surface area contributed by atoms with E-state index in [9.17, 15) is 4.79 Å². The summed E-state index contributed by atoms with van der Waals surface area (Å²) in [4.78, 5) is 18.3.